The number of halogens is 1. The Morgan fingerprint density at radius 3 is 2.80 bits per heavy atom. The van der Waals surface area contributed by atoms with E-state index in [-0.39, 0.29) is 18.3 Å². The van der Waals surface area contributed by atoms with Crippen LogP contribution in [0, 0.1) is 5.82 Å². The van der Waals surface area contributed by atoms with Crippen LogP contribution in [-0.4, -0.2) is 23.2 Å². The van der Waals surface area contributed by atoms with Gasteiger partial charge in [-0.3, -0.25) is 4.79 Å². The molecule has 1 fully saturated rings. The quantitative estimate of drug-likeness (QED) is 0.721. The summed E-state index contributed by atoms with van der Waals surface area (Å²) < 4.78 is 19.1. The molecule has 1 amide bonds. The van der Waals surface area contributed by atoms with E-state index in [0.29, 0.717) is 28.7 Å². The second-order valence-electron chi connectivity index (χ2n) is 6.16. The maximum Gasteiger partial charge on any atom is 0.265 e. The van der Waals surface area contributed by atoms with Gasteiger partial charge in [0.15, 0.2) is 6.10 Å². The Bertz CT molecular complexity index is 762. The molecule has 5 nitrogen and oxygen atoms in total. The third-order valence-corrected chi connectivity index (χ3v) is 3.94. The molecule has 0 heterocycles. The number of carbonyl (C=O) groups excluding carboxylic acids is 1. The van der Waals surface area contributed by atoms with E-state index in [1.807, 2.05) is 0 Å². The molecule has 1 saturated carbocycles. The first-order valence-electron chi connectivity index (χ1n) is 8.28. The lowest BCUT2D eigenvalue weighted by atomic mass is 10.2. The van der Waals surface area contributed by atoms with Crippen molar-refractivity contribution in [1.82, 2.24) is 0 Å². The Hall–Kier alpha value is -2.60. The average Bonchev–Trinajstić information content (AvgIpc) is 3.41. The summed E-state index contributed by atoms with van der Waals surface area (Å²) in [7, 11) is 0. The number of anilines is 2. The topological polar surface area (TPSA) is 70.6 Å². The van der Waals surface area contributed by atoms with Crippen molar-refractivity contribution in [2.24, 2.45) is 0 Å². The van der Waals surface area contributed by atoms with Crippen molar-refractivity contribution >= 4 is 17.3 Å². The summed E-state index contributed by atoms with van der Waals surface area (Å²) in [6.45, 7) is 1.54. The molecule has 1 aliphatic carbocycles. The average molecular weight is 344 g/mol. The monoisotopic (exact) mass is 344 g/mol. The SMILES string of the molecule is CC(Oc1cccc(CO)c1)C(=O)Nc1ccc(F)cc1NC1CC1. The van der Waals surface area contributed by atoms with Gasteiger partial charge in [-0.05, 0) is 55.7 Å². The normalized spacial score (nSPS) is 14.7. The van der Waals surface area contributed by atoms with E-state index >= 15 is 0 Å². The minimum absolute atomic E-state index is 0.0937. The van der Waals surface area contributed by atoms with E-state index in [4.69, 9.17) is 9.84 Å². The molecular weight excluding hydrogens is 323 g/mol. The van der Waals surface area contributed by atoms with E-state index in [1.54, 1.807) is 31.2 Å². The second kappa shape index (κ2) is 7.53. The molecule has 0 bridgehead atoms. The number of aliphatic hydroxyl groups is 1. The molecule has 0 radical (unpaired) electrons. The van der Waals surface area contributed by atoms with Gasteiger partial charge in [-0.25, -0.2) is 4.39 Å². The zero-order valence-corrected chi connectivity index (χ0v) is 14.0. The van der Waals surface area contributed by atoms with Crippen LogP contribution in [0.15, 0.2) is 42.5 Å². The van der Waals surface area contributed by atoms with Crippen LogP contribution < -0.4 is 15.4 Å². The number of amides is 1. The van der Waals surface area contributed by atoms with E-state index in [2.05, 4.69) is 10.6 Å². The van der Waals surface area contributed by atoms with Crippen LogP contribution >= 0.6 is 0 Å². The summed E-state index contributed by atoms with van der Waals surface area (Å²) in [6, 6.07) is 11.5. The van der Waals surface area contributed by atoms with Gasteiger partial charge in [-0.1, -0.05) is 12.1 Å². The Morgan fingerprint density at radius 1 is 1.28 bits per heavy atom. The molecule has 2 aromatic rings. The van der Waals surface area contributed by atoms with Gasteiger partial charge in [0.05, 0.1) is 18.0 Å². The summed E-state index contributed by atoms with van der Waals surface area (Å²) in [6.07, 6.45) is 1.35. The fraction of sp³-hybridized carbons (Fsp3) is 0.316. The first-order chi connectivity index (χ1) is 12.0. The fourth-order valence-corrected chi connectivity index (χ4v) is 2.40. The molecule has 1 aliphatic rings. The molecule has 2 aromatic carbocycles. The Morgan fingerprint density at radius 2 is 2.08 bits per heavy atom. The number of nitrogens with one attached hydrogen (secondary N) is 2. The number of rotatable bonds is 7. The highest BCUT2D eigenvalue weighted by atomic mass is 19.1. The van der Waals surface area contributed by atoms with Gasteiger partial charge in [0, 0.05) is 6.04 Å². The number of hydrogen-bond acceptors (Lipinski definition) is 4. The summed E-state index contributed by atoms with van der Waals surface area (Å²) in [5.74, 6) is -0.184. The van der Waals surface area contributed by atoms with Crippen molar-refractivity contribution in [2.45, 2.75) is 38.5 Å². The van der Waals surface area contributed by atoms with E-state index in [1.165, 1.54) is 18.2 Å². The molecule has 0 aliphatic heterocycles. The van der Waals surface area contributed by atoms with Gasteiger partial charge in [0.25, 0.3) is 5.91 Å². The predicted octanol–water partition coefficient (Wildman–Crippen LogP) is 3.30. The highest BCUT2D eigenvalue weighted by Crippen LogP contribution is 2.30. The van der Waals surface area contributed by atoms with Gasteiger partial charge in [0.2, 0.25) is 0 Å². The molecular formula is C19H21FN2O3. The van der Waals surface area contributed by atoms with Crippen molar-refractivity contribution in [3.05, 3.63) is 53.8 Å². The molecule has 0 aromatic heterocycles. The minimum Gasteiger partial charge on any atom is -0.481 e. The molecule has 132 valence electrons. The molecule has 0 spiro atoms. The smallest absolute Gasteiger partial charge is 0.265 e. The van der Waals surface area contributed by atoms with Crippen molar-refractivity contribution < 1.29 is 19.0 Å². The molecule has 3 rings (SSSR count). The van der Waals surface area contributed by atoms with E-state index in [0.717, 1.165) is 12.8 Å². The minimum atomic E-state index is -0.743. The van der Waals surface area contributed by atoms with Gasteiger partial charge < -0.3 is 20.5 Å². The van der Waals surface area contributed by atoms with Gasteiger partial charge in [-0.2, -0.15) is 0 Å². The van der Waals surface area contributed by atoms with Crippen LogP contribution in [0.5, 0.6) is 5.75 Å². The largest absolute Gasteiger partial charge is 0.481 e. The van der Waals surface area contributed by atoms with Crippen LogP contribution in [0.2, 0.25) is 0 Å². The third-order valence-electron chi connectivity index (χ3n) is 3.94. The standard InChI is InChI=1S/C19H21FN2O3/c1-12(25-16-4-2-3-13(9-16)11-23)19(24)22-17-8-5-14(20)10-18(17)21-15-6-7-15/h2-5,8-10,12,15,21,23H,6-7,11H2,1H3,(H,22,24). The van der Waals surface area contributed by atoms with Crippen molar-refractivity contribution in [2.75, 3.05) is 10.6 Å². The predicted molar refractivity (Wildman–Crippen MR) is 94.1 cm³/mol. The number of ether oxygens (including phenoxy) is 1. The summed E-state index contributed by atoms with van der Waals surface area (Å²) in [4.78, 5) is 12.4. The summed E-state index contributed by atoms with van der Waals surface area (Å²) in [5.41, 5.74) is 1.81. The number of benzene rings is 2. The van der Waals surface area contributed by atoms with Crippen molar-refractivity contribution in [3.8, 4) is 5.75 Å². The Labute approximate surface area is 145 Å². The molecule has 1 unspecified atom stereocenters. The first kappa shape index (κ1) is 17.2. The number of aliphatic hydroxyl groups excluding tert-OH is 1. The van der Waals surface area contributed by atoms with E-state index in [9.17, 15) is 9.18 Å². The summed E-state index contributed by atoms with van der Waals surface area (Å²) >= 11 is 0. The van der Waals surface area contributed by atoms with Crippen LogP contribution in [0.25, 0.3) is 0 Å². The van der Waals surface area contributed by atoms with Crippen LogP contribution in [0.4, 0.5) is 15.8 Å². The van der Waals surface area contributed by atoms with Crippen LogP contribution in [0.3, 0.4) is 0 Å². The van der Waals surface area contributed by atoms with Gasteiger partial charge in [-0.15, -0.1) is 0 Å². The lowest BCUT2D eigenvalue weighted by molar-refractivity contribution is -0.122. The van der Waals surface area contributed by atoms with Crippen molar-refractivity contribution in [3.63, 3.8) is 0 Å². The second-order valence-corrected chi connectivity index (χ2v) is 6.16. The number of hydrogen-bond donors (Lipinski definition) is 3. The van der Waals surface area contributed by atoms with Crippen molar-refractivity contribution in [1.29, 1.82) is 0 Å². The first-order valence-corrected chi connectivity index (χ1v) is 8.28. The highest BCUT2D eigenvalue weighted by molar-refractivity contribution is 5.97. The molecule has 1 atom stereocenters. The third kappa shape index (κ3) is 4.70. The Balaban J connectivity index is 1.66. The highest BCUT2D eigenvalue weighted by Gasteiger charge is 2.23. The maximum atomic E-state index is 13.5. The van der Waals surface area contributed by atoms with Crippen LogP contribution in [0.1, 0.15) is 25.3 Å². The Kier molecular flexibility index (Phi) is 5.19. The summed E-state index contributed by atoms with van der Waals surface area (Å²) in [5, 5.41) is 15.1. The fourth-order valence-electron chi connectivity index (χ4n) is 2.40. The zero-order valence-electron chi connectivity index (χ0n) is 14.0. The zero-order chi connectivity index (χ0) is 17.8. The molecule has 0 saturated heterocycles. The van der Waals surface area contributed by atoms with E-state index < -0.39 is 6.10 Å². The lowest BCUT2D eigenvalue weighted by Crippen LogP contribution is -2.30. The molecule has 3 N–H and O–H groups in total. The maximum absolute atomic E-state index is 13.5. The molecule has 6 heteroatoms. The van der Waals surface area contributed by atoms with Gasteiger partial charge in [0.1, 0.15) is 11.6 Å². The lowest BCUT2D eigenvalue weighted by Gasteiger charge is -2.17. The molecule has 25 heavy (non-hydrogen) atoms. The number of carbonyl (C=O) groups is 1. The van der Waals surface area contributed by atoms with Gasteiger partial charge >= 0.3 is 0 Å². The van der Waals surface area contributed by atoms with Crippen LogP contribution in [-0.2, 0) is 11.4 Å².